The molecule has 0 atom stereocenters. The zero-order chi connectivity index (χ0) is 12.6. The Morgan fingerprint density at radius 3 is 1.82 bits per heavy atom. The Morgan fingerprint density at radius 2 is 1.24 bits per heavy atom. The molecular formula is C17H20. The molecule has 0 spiro atoms. The van der Waals surface area contributed by atoms with Gasteiger partial charge in [0.2, 0.25) is 0 Å². The molecule has 0 aliphatic rings. The highest BCUT2D eigenvalue weighted by Crippen LogP contribution is 2.29. The zero-order valence-electron chi connectivity index (χ0n) is 11.4. The second-order valence-electron chi connectivity index (χ2n) is 4.98. The largest absolute Gasteiger partial charge is 0.0587 e. The van der Waals surface area contributed by atoms with E-state index in [0.29, 0.717) is 0 Å². The molecule has 0 heteroatoms. The van der Waals surface area contributed by atoms with Crippen LogP contribution in [0.25, 0.3) is 11.1 Å². The smallest absolute Gasteiger partial charge is 0.0149 e. The number of hydrogen-bond acceptors (Lipinski definition) is 0. The van der Waals surface area contributed by atoms with E-state index in [4.69, 9.17) is 0 Å². The van der Waals surface area contributed by atoms with Gasteiger partial charge in [0.15, 0.2) is 0 Å². The molecule has 0 saturated carbocycles. The Bertz CT molecular complexity index is 545. The van der Waals surface area contributed by atoms with Gasteiger partial charge in [-0.15, -0.1) is 0 Å². The summed E-state index contributed by atoms with van der Waals surface area (Å²) in [5.41, 5.74) is 9.61. The van der Waals surface area contributed by atoms with Crippen LogP contribution in [0.4, 0.5) is 0 Å². The summed E-state index contributed by atoms with van der Waals surface area (Å²) in [6.45, 7) is 11.0. The Hall–Kier alpha value is -1.56. The number of benzene rings is 2. The monoisotopic (exact) mass is 224 g/mol. The summed E-state index contributed by atoms with van der Waals surface area (Å²) in [5.74, 6) is 0. The molecule has 0 amide bonds. The van der Waals surface area contributed by atoms with Crippen LogP contribution in [0, 0.1) is 34.6 Å². The first-order valence-electron chi connectivity index (χ1n) is 6.15. The van der Waals surface area contributed by atoms with Crippen molar-refractivity contribution in [1.82, 2.24) is 0 Å². The molecule has 2 aromatic carbocycles. The number of hydrogen-bond donors (Lipinski definition) is 0. The van der Waals surface area contributed by atoms with E-state index in [1.165, 1.54) is 38.9 Å². The molecule has 88 valence electrons. The molecule has 0 aliphatic heterocycles. The van der Waals surface area contributed by atoms with E-state index >= 15 is 0 Å². The van der Waals surface area contributed by atoms with Crippen molar-refractivity contribution in [1.29, 1.82) is 0 Å². The topological polar surface area (TPSA) is 0 Å². The van der Waals surface area contributed by atoms with Gasteiger partial charge in [-0.05, 0) is 68.0 Å². The summed E-state index contributed by atoms with van der Waals surface area (Å²) in [7, 11) is 0. The van der Waals surface area contributed by atoms with Crippen molar-refractivity contribution in [2.75, 3.05) is 0 Å². The van der Waals surface area contributed by atoms with Crippen molar-refractivity contribution in [2.45, 2.75) is 34.6 Å². The van der Waals surface area contributed by atoms with E-state index in [2.05, 4.69) is 65.0 Å². The van der Waals surface area contributed by atoms with Gasteiger partial charge in [0.1, 0.15) is 0 Å². The minimum absolute atomic E-state index is 1.31. The van der Waals surface area contributed by atoms with Crippen LogP contribution in [0.1, 0.15) is 27.8 Å². The van der Waals surface area contributed by atoms with Crippen molar-refractivity contribution >= 4 is 0 Å². The molecule has 0 unspecified atom stereocenters. The molecule has 0 radical (unpaired) electrons. The van der Waals surface area contributed by atoms with Crippen molar-refractivity contribution in [2.24, 2.45) is 0 Å². The molecule has 0 bridgehead atoms. The lowest BCUT2D eigenvalue weighted by molar-refractivity contribution is 1.22. The van der Waals surface area contributed by atoms with E-state index in [0.717, 1.165) is 0 Å². The SMILES string of the molecule is Cc1ccc(-c2cc(C)c(C)c(C)c2C)cc1. The molecule has 17 heavy (non-hydrogen) atoms. The van der Waals surface area contributed by atoms with Crippen LogP contribution < -0.4 is 0 Å². The third-order valence-electron chi connectivity index (χ3n) is 3.84. The summed E-state index contributed by atoms with van der Waals surface area (Å²) in [6.07, 6.45) is 0. The van der Waals surface area contributed by atoms with Crippen molar-refractivity contribution < 1.29 is 0 Å². The zero-order valence-corrected chi connectivity index (χ0v) is 11.4. The van der Waals surface area contributed by atoms with Gasteiger partial charge in [-0.3, -0.25) is 0 Å². The Labute approximate surface area is 104 Å². The minimum atomic E-state index is 1.31. The van der Waals surface area contributed by atoms with Crippen LogP contribution in [0.15, 0.2) is 30.3 Å². The fourth-order valence-corrected chi connectivity index (χ4v) is 2.24. The summed E-state index contributed by atoms with van der Waals surface area (Å²) in [4.78, 5) is 0. The van der Waals surface area contributed by atoms with Gasteiger partial charge < -0.3 is 0 Å². The van der Waals surface area contributed by atoms with E-state index in [1.807, 2.05) is 0 Å². The molecule has 0 fully saturated rings. The quantitative estimate of drug-likeness (QED) is 0.646. The molecule has 0 aliphatic carbocycles. The highest BCUT2D eigenvalue weighted by molar-refractivity contribution is 5.70. The third-order valence-corrected chi connectivity index (χ3v) is 3.84. The lowest BCUT2D eigenvalue weighted by atomic mass is 9.91. The summed E-state index contributed by atoms with van der Waals surface area (Å²) >= 11 is 0. The minimum Gasteiger partial charge on any atom is -0.0587 e. The van der Waals surface area contributed by atoms with Crippen LogP contribution >= 0.6 is 0 Å². The van der Waals surface area contributed by atoms with Gasteiger partial charge in [-0.2, -0.15) is 0 Å². The van der Waals surface area contributed by atoms with Crippen molar-refractivity contribution in [3.05, 3.63) is 58.1 Å². The lowest BCUT2D eigenvalue weighted by Crippen LogP contribution is -1.94. The molecule has 0 aromatic heterocycles. The van der Waals surface area contributed by atoms with Gasteiger partial charge in [0.05, 0.1) is 0 Å². The second kappa shape index (κ2) is 4.37. The molecule has 0 nitrogen and oxygen atoms in total. The number of aryl methyl sites for hydroxylation is 2. The van der Waals surface area contributed by atoms with Crippen LogP contribution in [0.3, 0.4) is 0 Å². The standard InChI is InChI=1S/C17H20/c1-11-6-8-16(9-7-11)17-10-12(2)13(3)14(4)15(17)5/h6-10H,1-5H3. The summed E-state index contributed by atoms with van der Waals surface area (Å²) < 4.78 is 0. The average molecular weight is 224 g/mol. The maximum atomic E-state index is 2.31. The molecule has 2 rings (SSSR count). The van der Waals surface area contributed by atoms with Gasteiger partial charge in [0.25, 0.3) is 0 Å². The van der Waals surface area contributed by atoms with Crippen LogP contribution in [-0.4, -0.2) is 0 Å². The van der Waals surface area contributed by atoms with Crippen LogP contribution in [0.2, 0.25) is 0 Å². The van der Waals surface area contributed by atoms with Gasteiger partial charge in [0, 0.05) is 0 Å². The summed E-state index contributed by atoms with van der Waals surface area (Å²) in [5, 5.41) is 0. The third kappa shape index (κ3) is 2.12. The van der Waals surface area contributed by atoms with Crippen LogP contribution in [-0.2, 0) is 0 Å². The van der Waals surface area contributed by atoms with E-state index in [9.17, 15) is 0 Å². The van der Waals surface area contributed by atoms with E-state index < -0.39 is 0 Å². The molecule has 2 aromatic rings. The van der Waals surface area contributed by atoms with Gasteiger partial charge in [-0.1, -0.05) is 35.9 Å². The maximum Gasteiger partial charge on any atom is -0.0149 e. The van der Waals surface area contributed by atoms with Crippen molar-refractivity contribution in [3.63, 3.8) is 0 Å². The highest BCUT2D eigenvalue weighted by Gasteiger charge is 2.08. The normalized spacial score (nSPS) is 10.6. The van der Waals surface area contributed by atoms with E-state index in [-0.39, 0.29) is 0 Å². The van der Waals surface area contributed by atoms with Gasteiger partial charge >= 0.3 is 0 Å². The second-order valence-corrected chi connectivity index (χ2v) is 4.98. The highest BCUT2D eigenvalue weighted by atomic mass is 14.1. The van der Waals surface area contributed by atoms with Crippen LogP contribution in [0.5, 0.6) is 0 Å². The van der Waals surface area contributed by atoms with Gasteiger partial charge in [-0.25, -0.2) is 0 Å². The summed E-state index contributed by atoms with van der Waals surface area (Å²) in [6, 6.07) is 11.1. The van der Waals surface area contributed by atoms with E-state index in [1.54, 1.807) is 0 Å². The predicted octanol–water partition coefficient (Wildman–Crippen LogP) is 4.90. The first kappa shape index (κ1) is 11.9. The molecule has 0 N–H and O–H groups in total. The molecule has 0 heterocycles. The predicted molar refractivity (Wildman–Crippen MR) is 75.6 cm³/mol. The average Bonchev–Trinajstić information content (AvgIpc) is 2.32. The lowest BCUT2D eigenvalue weighted by Gasteiger charge is -2.14. The Balaban J connectivity index is 2.64. The maximum absolute atomic E-state index is 2.31. The molecular weight excluding hydrogens is 204 g/mol. The Morgan fingerprint density at radius 1 is 0.647 bits per heavy atom. The van der Waals surface area contributed by atoms with Crippen molar-refractivity contribution in [3.8, 4) is 11.1 Å². The number of rotatable bonds is 1. The Kier molecular flexibility index (Phi) is 3.06. The molecule has 0 saturated heterocycles. The fraction of sp³-hybridized carbons (Fsp3) is 0.294. The first-order valence-corrected chi connectivity index (χ1v) is 6.15. The first-order chi connectivity index (χ1) is 8.00. The fourth-order valence-electron chi connectivity index (χ4n) is 2.24.